The van der Waals surface area contributed by atoms with E-state index in [-0.39, 0.29) is 0 Å². The van der Waals surface area contributed by atoms with E-state index in [2.05, 4.69) is 26.5 Å². The van der Waals surface area contributed by atoms with Crippen LogP contribution in [0, 0.1) is 17.8 Å². The van der Waals surface area contributed by atoms with Gasteiger partial charge in [0, 0.05) is 5.92 Å². The molecule has 2 rings (SSSR count). The third kappa shape index (κ3) is 1.98. The van der Waals surface area contributed by atoms with Crippen molar-refractivity contribution in [1.29, 1.82) is 0 Å². The van der Waals surface area contributed by atoms with Crippen LogP contribution in [0.3, 0.4) is 0 Å². The van der Waals surface area contributed by atoms with Crippen LogP contribution in [-0.2, 0) is 0 Å². The molecule has 0 aromatic rings. The van der Waals surface area contributed by atoms with Gasteiger partial charge >= 0.3 is 0 Å². The molecule has 90 valence electrons. The van der Waals surface area contributed by atoms with Crippen molar-refractivity contribution in [3.63, 3.8) is 0 Å². The smallest absolute Gasteiger partial charge is 0.0688 e. The van der Waals surface area contributed by atoms with Gasteiger partial charge < -0.3 is 5.11 Å². The maximum absolute atomic E-state index is 10.4. The molecule has 1 unspecified atom stereocenters. The van der Waals surface area contributed by atoms with E-state index in [1.807, 2.05) is 6.92 Å². The highest BCUT2D eigenvalue weighted by atomic mass is 16.3. The van der Waals surface area contributed by atoms with E-state index < -0.39 is 5.60 Å². The topological polar surface area (TPSA) is 20.2 Å². The second kappa shape index (κ2) is 4.03. The molecule has 1 nitrogen and oxygen atoms in total. The number of allylic oxidation sites excluding steroid dienone is 2. The third-order valence-electron chi connectivity index (χ3n) is 4.51. The predicted octanol–water partition coefficient (Wildman–Crippen LogP) is 3.70. The number of fused-ring (bicyclic) bond motifs is 1. The Morgan fingerprint density at radius 3 is 2.75 bits per heavy atom. The van der Waals surface area contributed by atoms with Crippen molar-refractivity contribution in [2.24, 2.45) is 17.8 Å². The molecule has 3 atom stereocenters. The van der Waals surface area contributed by atoms with Crippen LogP contribution in [0.5, 0.6) is 0 Å². The standard InChI is InChI=1S/C15H24O/c1-10(2)12-6-5-11(3)13-7-8-15(4,16)14(13)9-12/h9-10,13-14,16H,3,5-8H2,1-2,4H3/t13-,14?,15-/m1/s1. The molecular weight excluding hydrogens is 196 g/mol. The fourth-order valence-corrected chi connectivity index (χ4v) is 3.27. The molecule has 0 bridgehead atoms. The third-order valence-corrected chi connectivity index (χ3v) is 4.51. The van der Waals surface area contributed by atoms with Crippen molar-refractivity contribution in [2.75, 3.05) is 0 Å². The van der Waals surface area contributed by atoms with Crippen LogP contribution in [-0.4, -0.2) is 10.7 Å². The summed E-state index contributed by atoms with van der Waals surface area (Å²) in [4.78, 5) is 0. The Kier molecular flexibility index (Phi) is 3.00. The molecular formula is C15H24O. The number of hydrogen-bond donors (Lipinski definition) is 1. The van der Waals surface area contributed by atoms with E-state index in [1.54, 1.807) is 0 Å². The van der Waals surface area contributed by atoms with Crippen molar-refractivity contribution < 1.29 is 5.11 Å². The van der Waals surface area contributed by atoms with E-state index in [0.717, 1.165) is 25.7 Å². The van der Waals surface area contributed by atoms with E-state index >= 15 is 0 Å². The lowest BCUT2D eigenvalue weighted by Crippen LogP contribution is -2.30. The van der Waals surface area contributed by atoms with Crippen LogP contribution in [0.4, 0.5) is 0 Å². The van der Waals surface area contributed by atoms with Gasteiger partial charge in [-0.05, 0) is 44.4 Å². The molecule has 0 heterocycles. The van der Waals surface area contributed by atoms with Crippen molar-refractivity contribution >= 4 is 0 Å². The molecule has 0 radical (unpaired) electrons. The summed E-state index contributed by atoms with van der Waals surface area (Å²) in [5.74, 6) is 1.43. The zero-order chi connectivity index (χ0) is 11.9. The first-order chi connectivity index (χ1) is 7.42. The second-order valence-corrected chi connectivity index (χ2v) is 6.08. The lowest BCUT2D eigenvalue weighted by molar-refractivity contribution is 0.0330. The van der Waals surface area contributed by atoms with Crippen molar-refractivity contribution in [1.82, 2.24) is 0 Å². The normalized spacial score (nSPS) is 39.6. The van der Waals surface area contributed by atoms with Gasteiger partial charge in [-0.15, -0.1) is 0 Å². The summed E-state index contributed by atoms with van der Waals surface area (Å²) in [6, 6.07) is 0. The number of aliphatic hydroxyl groups is 1. The molecule has 0 aromatic carbocycles. The molecule has 0 saturated heterocycles. The lowest BCUT2D eigenvalue weighted by atomic mass is 9.83. The molecule has 16 heavy (non-hydrogen) atoms. The first kappa shape index (κ1) is 11.9. The highest BCUT2D eigenvalue weighted by molar-refractivity contribution is 5.24. The van der Waals surface area contributed by atoms with Gasteiger partial charge in [-0.2, -0.15) is 0 Å². The van der Waals surface area contributed by atoms with Gasteiger partial charge in [0.05, 0.1) is 5.60 Å². The average molecular weight is 220 g/mol. The van der Waals surface area contributed by atoms with E-state index in [1.165, 1.54) is 11.1 Å². The van der Waals surface area contributed by atoms with Gasteiger partial charge in [0.25, 0.3) is 0 Å². The number of rotatable bonds is 1. The van der Waals surface area contributed by atoms with Crippen LogP contribution in [0.25, 0.3) is 0 Å². The van der Waals surface area contributed by atoms with Crippen molar-refractivity contribution in [3.8, 4) is 0 Å². The average Bonchev–Trinajstić information content (AvgIpc) is 2.38. The molecule has 0 aromatic heterocycles. The van der Waals surface area contributed by atoms with Gasteiger partial charge in [-0.1, -0.05) is 37.6 Å². The molecule has 1 fully saturated rings. The maximum atomic E-state index is 10.4. The minimum Gasteiger partial charge on any atom is -0.390 e. The van der Waals surface area contributed by atoms with Crippen LogP contribution in [0.15, 0.2) is 23.8 Å². The SMILES string of the molecule is C=C1CCC(C(C)C)=CC2[C@@H]1CC[C@@]2(C)O. The predicted molar refractivity (Wildman–Crippen MR) is 68.1 cm³/mol. The van der Waals surface area contributed by atoms with Gasteiger partial charge in [0.2, 0.25) is 0 Å². The lowest BCUT2D eigenvalue weighted by Gasteiger charge is -2.27. The minimum atomic E-state index is -0.516. The van der Waals surface area contributed by atoms with E-state index in [4.69, 9.17) is 0 Å². The zero-order valence-electron chi connectivity index (χ0n) is 10.8. The summed E-state index contributed by atoms with van der Waals surface area (Å²) >= 11 is 0. The number of hydrogen-bond acceptors (Lipinski definition) is 1. The molecule has 0 amide bonds. The monoisotopic (exact) mass is 220 g/mol. The van der Waals surface area contributed by atoms with Crippen molar-refractivity contribution in [3.05, 3.63) is 23.8 Å². The summed E-state index contributed by atoms with van der Waals surface area (Å²) in [5, 5.41) is 10.4. The molecule has 0 aliphatic heterocycles. The van der Waals surface area contributed by atoms with Crippen LogP contribution in [0.2, 0.25) is 0 Å². The Hall–Kier alpha value is -0.560. The van der Waals surface area contributed by atoms with Gasteiger partial charge in [-0.25, -0.2) is 0 Å². The Morgan fingerprint density at radius 2 is 2.12 bits per heavy atom. The molecule has 1 saturated carbocycles. The van der Waals surface area contributed by atoms with Crippen LogP contribution >= 0.6 is 0 Å². The molecule has 1 heteroatoms. The quantitative estimate of drug-likeness (QED) is 0.668. The van der Waals surface area contributed by atoms with Gasteiger partial charge in [0.1, 0.15) is 0 Å². The Balaban J connectivity index is 2.33. The fourth-order valence-electron chi connectivity index (χ4n) is 3.27. The Morgan fingerprint density at radius 1 is 1.44 bits per heavy atom. The van der Waals surface area contributed by atoms with E-state index in [9.17, 15) is 5.11 Å². The van der Waals surface area contributed by atoms with Gasteiger partial charge in [-0.3, -0.25) is 0 Å². The van der Waals surface area contributed by atoms with E-state index in [0.29, 0.717) is 17.8 Å². The highest BCUT2D eigenvalue weighted by Gasteiger charge is 2.44. The van der Waals surface area contributed by atoms with Gasteiger partial charge in [0.15, 0.2) is 0 Å². The molecule has 2 aliphatic carbocycles. The summed E-state index contributed by atoms with van der Waals surface area (Å²) < 4.78 is 0. The highest BCUT2D eigenvalue weighted by Crippen LogP contribution is 2.48. The fraction of sp³-hybridized carbons (Fsp3) is 0.733. The molecule has 2 aliphatic rings. The summed E-state index contributed by atoms with van der Waals surface area (Å²) in [5.41, 5.74) is 2.35. The Bertz CT molecular complexity index is 322. The van der Waals surface area contributed by atoms with Crippen molar-refractivity contribution in [2.45, 2.75) is 52.1 Å². The maximum Gasteiger partial charge on any atom is 0.0688 e. The Labute approximate surface area is 99.3 Å². The first-order valence-electron chi connectivity index (χ1n) is 6.52. The second-order valence-electron chi connectivity index (χ2n) is 6.08. The first-order valence-corrected chi connectivity index (χ1v) is 6.52. The minimum absolute atomic E-state index is 0.305. The molecule has 1 N–H and O–H groups in total. The molecule has 0 spiro atoms. The van der Waals surface area contributed by atoms with Crippen LogP contribution in [0.1, 0.15) is 46.5 Å². The van der Waals surface area contributed by atoms with Crippen LogP contribution < -0.4 is 0 Å². The summed E-state index contributed by atoms with van der Waals surface area (Å²) in [6.45, 7) is 10.7. The largest absolute Gasteiger partial charge is 0.390 e. The summed E-state index contributed by atoms with van der Waals surface area (Å²) in [6.07, 6.45) is 6.64. The zero-order valence-corrected chi connectivity index (χ0v) is 10.8. The summed E-state index contributed by atoms with van der Waals surface area (Å²) in [7, 11) is 0.